The van der Waals surface area contributed by atoms with Crippen LogP contribution >= 0.6 is 11.3 Å². The molecule has 0 saturated heterocycles. The molecule has 0 spiro atoms. The maximum atomic E-state index is 12.9. The Hall–Kier alpha value is -3.12. The van der Waals surface area contributed by atoms with Crippen molar-refractivity contribution >= 4 is 28.8 Å². The van der Waals surface area contributed by atoms with E-state index in [1.807, 2.05) is 40.6 Å². The molecule has 1 aliphatic heterocycles. The summed E-state index contributed by atoms with van der Waals surface area (Å²) in [7, 11) is 0. The van der Waals surface area contributed by atoms with Crippen molar-refractivity contribution in [2.75, 3.05) is 11.9 Å². The van der Waals surface area contributed by atoms with E-state index in [1.54, 1.807) is 6.07 Å². The van der Waals surface area contributed by atoms with Crippen LogP contribution in [0.25, 0.3) is 0 Å². The van der Waals surface area contributed by atoms with Gasteiger partial charge in [0.2, 0.25) is 0 Å². The van der Waals surface area contributed by atoms with Gasteiger partial charge in [-0.1, -0.05) is 30.3 Å². The van der Waals surface area contributed by atoms with E-state index in [0.717, 1.165) is 24.8 Å². The van der Waals surface area contributed by atoms with Gasteiger partial charge < -0.3 is 15.0 Å². The Morgan fingerprint density at radius 1 is 1.10 bits per heavy atom. The third-order valence-electron chi connectivity index (χ3n) is 5.79. The van der Waals surface area contributed by atoms with Gasteiger partial charge in [-0.3, -0.25) is 9.59 Å². The number of carbonyl (C=O) groups is 2. The van der Waals surface area contributed by atoms with Gasteiger partial charge in [0.15, 0.2) is 6.61 Å². The molecule has 152 valence electrons. The minimum atomic E-state index is -0.131. The van der Waals surface area contributed by atoms with Crippen LogP contribution in [0.5, 0.6) is 5.75 Å². The van der Waals surface area contributed by atoms with Crippen molar-refractivity contribution in [2.24, 2.45) is 0 Å². The molecule has 1 aromatic heterocycles. The number of hydrogen-bond acceptors (Lipinski definition) is 4. The minimum absolute atomic E-state index is 0.00271. The van der Waals surface area contributed by atoms with Crippen LogP contribution in [0.15, 0.2) is 60.0 Å². The standard InChI is InChI=1S/C24H22N2O3S/c27-23-15-29-21-11-10-18(25-24(28)22-9-4-12-30-22)13-17(21)14-26(23)20-8-3-6-16-5-1-2-7-19(16)20/h1-2,4-5,7,9-13,20H,3,6,8,14-15H2,(H,25,28)/t20-/m0/s1. The maximum absolute atomic E-state index is 12.9. The second-order valence-corrected chi connectivity index (χ2v) is 8.62. The van der Waals surface area contributed by atoms with Crippen molar-refractivity contribution < 1.29 is 14.3 Å². The summed E-state index contributed by atoms with van der Waals surface area (Å²) in [5, 5.41) is 4.83. The van der Waals surface area contributed by atoms with Gasteiger partial charge in [-0.2, -0.15) is 0 Å². The summed E-state index contributed by atoms with van der Waals surface area (Å²) < 4.78 is 5.80. The number of fused-ring (bicyclic) bond motifs is 2. The van der Waals surface area contributed by atoms with E-state index in [0.29, 0.717) is 22.9 Å². The van der Waals surface area contributed by atoms with Gasteiger partial charge in [-0.25, -0.2) is 0 Å². The van der Waals surface area contributed by atoms with Crippen LogP contribution < -0.4 is 10.1 Å². The molecule has 3 aromatic rings. The summed E-state index contributed by atoms with van der Waals surface area (Å²) in [5.41, 5.74) is 4.17. The molecule has 5 nitrogen and oxygen atoms in total. The molecular formula is C24H22N2O3S. The highest BCUT2D eigenvalue weighted by Crippen LogP contribution is 2.37. The highest BCUT2D eigenvalue weighted by atomic mass is 32.1. The Balaban J connectivity index is 1.43. The summed E-state index contributed by atoms with van der Waals surface area (Å²) in [5.74, 6) is 0.565. The van der Waals surface area contributed by atoms with E-state index in [-0.39, 0.29) is 24.5 Å². The molecule has 6 heteroatoms. The summed E-state index contributed by atoms with van der Waals surface area (Å²) in [6, 6.07) is 17.7. The number of benzene rings is 2. The molecule has 0 bridgehead atoms. The van der Waals surface area contributed by atoms with Gasteiger partial charge in [-0.15, -0.1) is 11.3 Å². The van der Waals surface area contributed by atoms with Gasteiger partial charge in [0.25, 0.3) is 11.8 Å². The quantitative estimate of drug-likeness (QED) is 0.665. The molecule has 0 radical (unpaired) electrons. The zero-order chi connectivity index (χ0) is 20.5. The molecule has 0 saturated carbocycles. The van der Waals surface area contributed by atoms with E-state index in [2.05, 4.69) is 23.5 Å². The second-order valence-electron chi connectivity index (χ2n) is 7.67. The van der Waals surface area contributed by atoms with E-state index in [4.69, 9.17) is 4.74 Å². The van der Waals surface area contributed by atoms with E-state index < -0.39 is 0 Å². The number of nitrogens with zero attached hydrogens (tertiary/aromatic N) is 1. The molecule has 2 aromatic carbocycles. The average molecular weight is 419 g/mol. The predicted octanol–water partition coefficient (Wildman–Crippen LogP) is 4.80. The number of ether oxygens (including phenoxy) is 1. The van der Waals surface area contributed by atoms with E-state index >= 15 is 0 Å². The monoisotopic (exact) mass is 418 g/mol. The Bertz CT molecular complexity index is 1090. The summed E-state index contributed by atoms with van der Waals surface area (Å²) >= 11 is 1.41. The maximum Gasteiger partial charge on any atom is 0.265 e. The van der Waals surface area contributed by atoms with Crippen LogP contribution in [0.4, 0.5) is 5.69 Å². The predicted molar refractivity (Wildman–Crippen MR) is 117 cm³/mol. The summed E-state index contributed by atoms with van der Waals surface area (Å²) in [4.78, 5) is 28.0. The van der Waals surface area contributed by atoms with Crippen molar-refractivity contribution in [1.29, 1.82) is 0 Å². The van der Waals surface area contributed by atoms with Crippen LogP contribution in [0, 0.1) is 0 Å². The van der Waals surface area contributed by atoms with Crippen molar-refractivity contribution in [1.82, 2.24) is 4.90 Å². The second kappa shape index (κ2) is 7.95. The topological polar surface area (TPSA) is 58.6 Å². The first-order valence-corrected chi connectivity index (χ1v) is 11.0. The fraction of sp³-hybridized carbons (Fsp3) is 0.250. The molecule has 1 atom stereocenters. The number of aryl methyl sites for hydroxylation is 1. The Morgan fingerprint density at radius 3 is 2.87 bits per heavy atom. The molecule has 30 heavy (non-hydrogen) atoms. The zero-order valence-electron chi connectivity index (χ0n) is 16.5. The number of anilines is 1. The normalized spacial score (nSPS) is 18.1. The summed E-state index contributed by atoms with van der Waals surface area (Å²) in [6.07, 6.45) is 3.07. The number of nitrogens with one attached hydrogen (secondary N) is 1. The highest BCUT2D eigenvalue weighted by Gasteiger charge is 2.32. The van der Waals surface area contributed by atoms with Gasteiger partial charge >= 0.3 is 0 Å². The first kappa shape index (κ1) is 18.9. The van der Waals surface area contributed by atoms with E-state index in [1.165, 1.54) is 22.5 Å². The molecule has 0 unspecified atom stereocenters. The number of rotatable bonds is 3. The first-order chi connectivity index (χ1) is 14.7. The molecule has 1 aliphatic carbocycles. The van der Waals surface area contributed by atoms with Gasteiger partial charge in [0.05, 0.1) is 17.5 Å². The van der Waals surface area contributed by atoms with Gasteiger partial charge in [0.1, 0.15) is 5.75 Å². The Labute approximate surface area is 179 Å². The zero-order valence-corrected chi connectivity index (χ0v) is 17.3. The minimum Gasteiger partial charge on any atom is -0.483 e. The summed E-state index contributed by atoms with van der Waals surface area (Å²) in [6.45, 7) is 0.502. The molecule has 2 heterocycles. The SMILES string of the molecule is O=C(Nc1ccc2c(c1)CN([C@H]1CCCc3ccccc31)C(=O)CO2)c1cccs1. The number of carbonyl (C=O) groups excluding carboxylic acids is 2. The number of hydrogen-bond donors (Lipinski definition) is 1. The fourth-order valence-electron chi connectivity index (χ4n) is 4.35. The van der Waals surface area contributed by atoms with Crippen molar-refractivity contribution in [3.8, 4) is 5.75 Å². The Kier molecular flexibility index (Phi) is 5.01. The number of amides is 2. The van der Waals surface area contributed by atoms with Crippen LogP contribution in [0.3, 0.4) is 0 Å². The van der Waals surface area contributed by atoms with Crippen LogP contribution in [0.1, 0.15) is 45.2 Å². The lowest BCUT2D eigenvalue weighted by molar-refractivity contribution is -0.136. The molecule has 5 rings (SSSR count). The average Bonchev–Trinajstić information content (AvgIpc) is 3.26. The largest absolute Gasteiger partial charge is 0.483 e. The van der Waals surface area contributed by atoms with Crippen molar-refractivity contribution in [2.45, 2.75) is 31.8 Å². The van der Waals surface area contributed by atoms with E-state index in [9.17, 15) is 9.59 Å². The number of thiophene rings is 1. The molecule has 2 amide bonds. The molecule has 2 aliphatic rings. The van der Waals surface area contributed by atoms with Crippen molar-refractivity contribution in [3.05, 3.63) is 81.5 Å². The lowest BCUT2D eigenvalue weighted by Gasteiger charge is -2.35. The molecule has 1 N–H and O–H groups in total. The lowest BCUT2D eigenvalue weighted by atomic mass is 9.86. The molecule has 0 fully saturated rings. The lowest BCUT2D eigenvalue weighted by Crippen LogP contribution is -2.37. The first-order valence-electron chi connectivity index (χ1n) is 10.2. The smallest absolute Gasteiger partial charge is 0.265 e. The Morgan fingerprint density at radius 2 is 2.00 bits per heavy atom. The highest BCUT2D eigenvalue weighted by molar-refractivity contribution is 7.12. The molecular weight excluding hydrogens is 396 g/mol. The third kappa shape index (κ3) is 3.59. The third-order valence-corrected chi connectivity index (χ3v) is 6.66. The van der Waals surface area contributed by atoms with Gasteiger partial charge in [0, 0.05) is 11.3 Å². The van der Waals surface area contributed by atoms with Crippen LogP contribution in [-0.2, 0) is 17.8 Å². The van der Waals surface area contributed by atoms with Crippen LogP contribution in [0.2, 0.25) is 0 Å². The van der Waals surface area contributed by atoms with Crippen LogP contribution in [-0.4, -0.2) is 23.3 Å². The van der Waals surface area contributed by atoms with Gasteiger partial charge in [-0.05, 0) is 60.0 Å². The fourth-order valence-corrected chi connectivity index (χ4v) is 4.97. The van der Waals surface area contributed by atoms with Crippen molar-refractivity contribution in [3.63, 3.8) is 0 Å².